The average Bonchev–Trinajstić information content (AvgIpc) is 2.01. The Morgan fingerprint density at radius 1 is 1.27 bits per heavy atom. The Balaban J connectivity index is 0.00000196. The zero-order valence-corrected chi connectivity index (χ0v) is 10.3. The molecule has 0 radical (unpaired) electrons. The van der Waals surface area contributed by atoms with Gasteiger partial charge in [-0.1, -0.05) is 12.1 Å². The number of rotatable bonds is 2. The molecule has 0 aliphatic rings. The molecule has 1 aromatic carbocycles. The Morgan fingerprint density at radius 3 is 2.27 bits per heavy atom. The Kier molecular flexibility index (Phi) is 4.86. The molecule has 0 fully saturated rings. The summed E-state index contributed by atoms with van der Waals surface area (Å²) in [6.45, 7) is 5.64. The molecule has 0 unspecified atom stereocenters. The van der Waals surface area contributed by atoms with Crippen LogP contribution in [0, 0.1) is 0 Å². The van der Waals surface area contributed by atoms with E-state index in [1.54, 1.807) is 18.2 Å². The molecule has 0 amide bonds. The van der Waals surface area contributed by atoms with Gasteiger partial charge in [0.1, 0.15) is 16.9 Å². The van der Waals surface area contributed by atoms with Crippen molar-refractivity contribution in [2.75, 3.05) is 0 Å². The van der Waals surface area contributed by atoms with E-state index in [9.17, 15) is 4.79 Å². The summed E-state index contributed by atoms with van der Waals surface area (Å²) in [6.07, 6.45) is 0. The van der Waals surface area contributed by atoms with Gasteiger partial charge in [-0.25, -0.2) is 4.79 Å². The van der Waals surface area contributed by atoms with E-state index in [1.165, 1.54) is 6.07 Å². The predicted octanol–water partition coefficient (Wildman–Crippen LogP) is 2.56. The molecule has 82 valence electrons. The minimum absolute atomic E-state index is 0. The van der Waals surface area contributed by atoms with Gasteiger partial charge >= 0.3 is 5.97 Å². The van der Waals surface area contributed by atoms with E-state index < -0.39 is 5.97 Å². The van der Waals surface area contributed by atoms with Gasteiger partial charge in [-0.3, -0.25) is 0 Å². The van der Waals surface area contributed by atoms with Crippen LogP contribution in [0.25, 0.3) is 0 Å². The fourth-order valence-electron chi connectivity index (χ4n) is 1.06. The molecule has 3 nitrogen and oxygen atoms in total. The number of carboxylic acids is 1. The van der Waals surface area contributed by atoms with Crippen LogP contribution in [-0.2, 0) is 17.4 Å². The van der Waals surface area contributed by atoms with Crippen molar-refractivity contribution in [1.82, 2.24) is 0 Å². The summed E-state index contributed by atoms with van der Waals surface area (Å²) < 4.78 is 5.51. The molecule has 0 saturated heterocycles. The fourth-order valence-corrected chi connectivity index (χ4v) is 1.06. The summed E-state index contributed by atoms with van der Waals surface area (Å²) in [4.78, 5) is 10.8. The third kappa shape index (κ3) is 4.37. The molecule has 0 bridgehead atoms. The van der Waals surface area contributed by atoms with Crippen LogP contribution in [0.2, 0.25) is 0 Å². The molecule has 0 aromatic heterocycles. The number of hydrogen-bond donors (Lipinski definition) is 1. The zero-order valence-electron chi connectivity index (χ0n) is 8.98. The maximum absolute atomic E-state index is 10.8. The van der Waals surface area contributed by atoms with E-state index in [0.717, 1.165) is 0 Å². The Morgan fingerprint density at radius 2 is 1.80 bits per heavy atom. The van der Waals surface area contributed by atoms with Crippen molar-refractivity contribution < 1.29 is 32.0 Å². The van der Waals surface area contributed by atoms with Crippen LogP contribution in [0.15, 0.2) is 24.3 Å². The van der Waals surface area contributed by atoms with Gasteiger partial charge in [0.15, 0.2) is 0 Å². The van der Waals surface area contributed by atoms with E-state index in [1.807, 2.05) is 20.8 Å². The van der Waals surface area contributed by atoms with Gasteiger partial charge in [-0.05, 0) is 32.9 Å². The smallest absolute Gasteiger partial charge is 0.339 e. The number of ether oxygens (including phenoxy) is 1. The number of hydrogen-bond acceptors (Lipinski definition) is 2. The number of aromatic carboxylic acids is 1. The van der Waals surface area contributed by atoms with Gasteiger partial charge < -0.3 is 9.84 Å². The fraction of sp³-hybridized carbons (Fsp3) is 0.364. The third-order valence-corrected chi connectivity index (χ3v) is 1.53. The van der Waals surface area contributed by atoms with Crippen LogP contribution in [0.3, 0.4) is 0 Å². The van der Waals surface area contributed by atoms with Crippen molar-refractivity contribution in [2.45, 2.75) is 26.4 Å². The maximum Gasteiger partial charge on any atom is 0.339 e. The standard InChI is InChI=1S/C11H14O3.Cr/c1-11(2,3)14-9-7-5-4-6-8(9)10(12)13;/h4-7H,1-3H3,(H,12,13);. The molecule has 1 rings (SSSR count). The van der Waals surface area contributed by atoms with Crippen molar-refractivity contribution in [3.8, 4) is 5.75 Å². The molecule has 0 heterocycles. The van der Waals surface area contributed by atoms with Gasteiger partial charge in [-0.15, -0.1) is 0 Å². The predicted molar refractivity (Wildman–Crippen MR) is 53.8 cm³/mol. The van der Waals surface area contributed by atoms with E-state index in [4.69, 9.17) is 9.84 Å². The normalized spacial score (nSPS) is 10.3. The number of carbonyl (C=O) groups is 1. The molecule has 15 heavy (non-hydrogen) atoms. The molecular formula is C11H14CrO3. The summed E-state index contributed by atoms with van der Waals surface area (Å²) in [5, 5.41) is 8.88. The first-order chi connectivity index (χ1) is 6.40. The van der Waals surface area contributed by atoms with E-state index >= 15 is 0 Å². The summed E-state index contributed by atoms with van der Waals surface area (Å²) in [7, 11) is 0. The Bertz CT molecular complexity index is 342. The van der Waals surface area contributed by atoms with Crippen LogP contribution in [0.5, 0.6) is 5.75 Å². The van der Waals surface area contributed by atoms with E-state index in [2.05, 4.69) is 0 Å². The van der Waals surface area contributed by atoms with Crippen molar-refractivity contribution in [3.05, 3.63) is 29.8 Å². The largest absolute Gasteiger partial charge is 0.487 e. The van der Waals surface area contributed by atoms with Gasteiger partial charge in [0.2, 0.25) is 0 Å². The van der Waals surface area contributed by atoms with Crippen LogP contribution < -0.4 is 4.74 Å². The SMILES string of the molecule is CC(C)(C)Oc1ccccc1C(=O)O.[Cr]. The van der Waals surface area contributed by atoms with Gasteiger partial charge in [0.05, 0.1) is 0 Å². The number of para-hydroxylation sites is 1. The second kappa shape index (κ2) is 5.20. The van der Waals surface area contributed by atoms with Crippen molar-refractivity contribution in [1.29, 1.82) is 0 Å². The first-order valence-electron chi connectivity index (χ1n) is 4.41. The maximum atomic E-state index is 10.8. The van der Waals surface area contributed by atoms with Gasteiger partial charge in [0, 0.05) is 17.4 Å². The molecule has 1 aromatic rings. The molecule has 0 aliphatic heterocycles. The topological polar surface area (TPSA) is 46.5 Å². The molecule has 0 saturated carbocycles. The molecule has 0 atom stereocenters. The second-order valence-electron chi connectivity index (χ2n) is 4.02. The first kappa shape index (κ1) is 14.0. The minimum atomic E-state index is -0.968. The second-order valence-corrected chi connectivity index (χ2v) is 4.02. The van der Waals surface area contributed by atoms with E-state index in [0.29, 0.717) is 5.75 Å². The van der Waals surface area contributed by atoms with Crippen LogP contribution in [0.1, 0.15) is 31.1 Å². The Hall–Kier alpha value is -0.978. The molecule has 0 spiro atoms. The average molecular weight is 246 g/mol. The van der Waals surface area contributed by atoms with Crippen LogP contribution >= 0.6 is 0 Å². The summed E-state index contributed by atoms with van der Waals surface area (Å²) in [5.74, 6) is -0.558. The molecular weight excluding hydrogens is 232 g/mol. The molecule has 0 aliphatic carbocycles. The van der Waals surface area contributed by atoms with Crippen molar-refractivity contribution in [3.63, 3.8) is 0 Å². The van der Waals surface area contributed by atoms with E-state index in [-0.39, 0.29) is 28.5 Å². The van der Waals surface area contributed by atoms with Crippen molar-refractivity contribution >= 4 is 5.97 Å². The quantitative estimate of drug-likeness (QED) is 0.872. The Labute approximate surface area is 100 Å². The van der Waals surface area contributed by atoms with Crippen LogP contribution in [0.4, 0.5) is 0 Å². The third-order valence-electron chi connectivity index (χ3n) is 1.53. The van der Waals surface area contributed by atoms with Crippen molar-refractivity contribution in [2.24, 2.45) is 0 Å². The minimum Gasteiger partial charge on any atom is -0.487 e. The molecule has 1 N–H and O–H groups in total. The first-order valence-corrected chi connectivity index (χ1v) is 4.41. The number of benzene rings is 1. The van der Waals surface area contributed by atoms with Crippen LogP contribution in [-0.4, -0.2) is 16.7 Å². The zero-order chi connectivity index (χ0) is 10.8. The summed E-state index contributed by atoms with van der Waals surface area (Å²) >= 11 is 0. The van der Waals surface area contributed by atoms with Gasteiger partial charge in [0.25, 0.3) is 0 Å². The van der Waals surface area contributed by atoms with Gasteiger partial charge in [-0.2, -0.15) is 0 Å². The monoisotopic (exact) mass is 246 g/mol. The summed E-state index contributed by atoms with van der Waals surface area (Å²) in [5.41, 5.74) is -0.187. The number of carboxylic acid groups (broad SMARTS) is 1. The molecule has 4 heteroatoms. The summed E-state index contributed by atoms with van der Waals surface area (Å²) in [6, 6.07) is 6.63.